The van der Waals surface area contributed by atoms with Gasteiger partial charge in [0.25, 0.3) is 0 Å². The molecule has 0 spiro atoms. The summed E-state index contributed by atoms with van der Waals surface area (Å²) in [5.41, 5.74) is 0.941. The first kappa shape index (κ1) is 9.72. The topological polar surface area (TPSA) is 63.1 Å². The van der Waals surface area contributed by atoms with Crippen LogP contribution in [0.3, 0.4) is 0 Å². The summed E-state index contributed by atoms with van der Waals surface area (Å²) in [6.45, 7) is 0. The number of aromatic carboxylic acids is 1. The van der Waals surface area contributed by atoms with Gasteiger partial charge in [-0.2, -0.15) is 0 Å². The highest BCUT2D eigenvalue weighted by Crippen LogP contribution is 2.24. The second-order valence-corrected chi connectivity index (χ2v) is 3.72. The molecule has 0 aliphatic heterocycles. The Kier molecular flexibility index (Phi) is 2.01. The van der Waals surface area contributed by atoms with Gasteiger partial charge in [0.05, 0.1) is 11.1 Å². The Hall–Kier alpha value is -2.49. The van der Waals surface area contributed by atoms with Crippen LogP contribution in [0.5, 0.6) is 0 Å². The molecule has 0 saturated heterocycles. The fraction of sp³-hybridized carbons (Fsp3) is 0. The van der Waals surface area contributed by atoms with Gasteiger partial charge in [0.1, 0.15) is 0 Å². The van der Waals surface area contributed by atoms with E-state index in [1.54, 1.807) is 18.5 Å². The molecule has 0 atom stereocenters. The summed E-state index contributed by atoms with van der Waals surface area (Å²) in [6, 6.07) is 7.05. The number of carbonyl (C=O) groups is 1. The number of rotatable bonds is 1. The first-order chi connectivity index (χ1) is 8.27. The summed E-state index contributed by atoms with van der Waals surface area (Å²) < 4.78 is 0. The van der Waals surface area contributed by atoms with Crippen molar-refractivity contribution in [1.29, 1.82) is 0 Å². The third kappa shape index (κ3) is 1.42. The van der Waals surface area contributed by atoms with Gasteiger partial charge in [-0.1, -0.05) is 12.1 Å². The molecule has 1 N–H and O–H groups in total. The summed E-state index contributed by atoms with van der Waals surface area (Å²) >= 11 is 0. The SMILES string of the molecule is O=C(O)c1ccnc2c1ccc1ccncc12. The zero-order valence-corrected chi connectivity index (χ0v) is 8.79. The van der Waals surface area contributed by atoms with Gasteiger partial charge in [0.2, 0.25) is 0 Å². The second kappa shape index (κ2) is 3.52. The van der Waals surface area contributed by atoms with Gasteiger partial charge < -0.3 is 5.11 Å². The van der Waals surface area contributed by atoms with Crippen LogP contribution in [-0.2, 0) is 0 Å². The minimum Gasteiger partial charge on any atom is -0.478 e. The van der Waals surface area contributed by atoms with Crippen molar-refractivity contribution < 1.29 is 9.90 Å². The van der Waals surface area contributed by atoms with Gasteiger partial charge in [0, 0.05) is 29.4 Å². The molecule has 3 rings (SSSR count). The molecule has 0 radical (unpaired) electrons. The molecule has 0 saturated carbocycles. The van der Waals surface area contributed by atoms with Crippen LogP contribution in [0.2, 0.25) is 0 Å². The van der Waals surface area contributed by atoms with Crippen LogP contribution in [0.4, 0.5) is 0 Å². The first-order valence-corrected chi connectivity index (χ1v) is 5.12. The molecular weight excluding hydrogens is 216 g/mol. The molecule has 4 heteroatoms. The van der Waals surface area contributed by atoms with Gasteiger partial charge in [-0.05, 0) is 17.5 Å². The van der Waals surface area contributed by atoms with Crippen molar-refractivity contribution in [3.63, 3.8) is 0 Å². The standard InChI is InChI=1S/C13H8N2O2/c16-13(17)10-4-6-15-12-9(10)2-1-8-3-5-14-7-11(8)12/h1-7H,(H,16,17). The lowest BCUT2D eigenvalue weighted by Crippen LogP contribution is -1.98. The average Bonchev–Trinajstić information content (AvgIpc) is 2.37. The van der Waals surface area contributed by atoms with E-state index in [0.717, 1.165) is 10.8 Å². The molecule has 0 fully saturated rings. The number of nitrogens with zero attached hydrogens (tertiary/aromatic N) is 2. The summed E-state index contributed by atoms with van der Waals surface area (Å²) in [5, 5.41) is 11.6. The number of hydrogen-bond donors (Lipinski definition) is 1. The highest BCUT2D eigenvalue weighted by atomic mass is 16.4. The van der Waals surface area contributed by atoms with Crippen molar-refractivity contribution in [3.8, 4) is 0 Å². The number of hydrogen-bond acceptors (Lipinski definition) is 3. The average molecular weight is 224 g/mol. The maximum absolute atomic E-state index is 11.1. The van der Waals surface area contributed by atoms with Gasteiger partial charge in [-0.3, -0.25) is 9.97 Å². The maximum Gasteiger partial charge on any atom is 0.336 e. The van der Waals surface area contributed by atoms with E-state index in [0.29, 0.717) is 10.9 Å². The minimum absolute atomic E-state index is 0.265. The number of aromatic nitrogens is 2. The van der Waals surface area contributed by atoms with Crippen LogP contribution in [0, 0.1) is 0 Å². The number of benzene rings is 1. The Bertz CT molecular complexity index is 738. The molecule has 0 bridgehead atoms. The lowest BCUT2D eigenvalue weighted by Gasteiger charge is -2.04. The van der Waals surface area contributed by atoms with Gasteiger partial charge in [-0.15, -0.1) is 0 Å². The predicted octanol–water partition coefficient (Wildman–Crippen LogP) is 2.48. The molecule has 0 aliphatic rings. The monoisotopic (exact) mass is 224 g/mol. The van der Waals surface area contributed by atoms with Crippen LogP contribution in [-0.4, -0.2) is 21.0 Å². The summed E-state index contributed by atoms with van der Waals surface area (Å²) in [5.74, 6) is -0.944. The van der Waals surface area contributed by atoms with Crippen LogP contribution < -0.4 is 0 Å². The van der Waals surface area contributed by atoms with E-state index in [4.69, 9.17) is 5.11 Å². The van der Waals surface area contributed by atoms with E-state index < -0.39 is 5.97 Å². The molecular formula is C13H8N2O2. The zero-order chi connectivity index (χ0) is 11.8. The van der Waals surface area contributed by atoms with Crippen molar-refractivity contribution in [3.05, 3.63) is 48.4 Å². The highest BCUT2D eigenvalue weighted by molar-refractivity contribution is 6.11. The van der Waals surface area contributed by atoms with Crippen LogP contribution in [0.15, 0.2) is 42.9 Å². The fourth-order valence-corrected chi connectivity index (χ4v) is 1.96. The summed E-state index contributed by atoms with van der Waals surface area (Å²) in [7, 11) is 0. The molecule has 3 aromatic rings. The van der Waals surface area contributed by atoms with Gasteiger partial charge >= 0.3 is 5.97 Å². The van der Waals surface area contributed by atoms with Crippen molar-refractivity contribution in [2.75, 3.05) is 0 Å². The normalized spacial score (nSPS) is 10.8. The fourth-order valence-electron chi connectivity index (χ4n) is 1.96. The number of fused-ring (bicyclic) bond motifs is 3. The number of carboxylic acids is 1. The second-order valence-electron chi connectivity index (χ2n) is 3.72. The largest absolute Gasteiger partial charge is 0.478 e. The summed E-state index contributed by atoms with van der Waals surface area (Å²) in [4.78, 5) is 19.4. The van der Waals surface area contributed by atoms with Gasteiger partial charge in [-0.25, -0.2) is 4.79 Å². The molecule has 4 nitrogen and oxygen atoms in total. The van der Waals surface area contributed by atoms with Crippen molar-refractivity contribution in [2.24, 2.45) is 0 Å². The zero-order valence-electron chi connectivity index (χ0n) is 8.79. The Labute approximate surface area is 96.6 Å². The lowest BCUT2D eigenvalue weighted by atomic mass is 10.0. The first-order valence-electron chi connectivity index (χ1n) is 5.12. The Morgan fingerprint density at radius 1 is 1.06 bits per heavy atom. The molecule has 2 aromatic heterocycles. The smallest absolute Gasteiger partial charge is 0.336 e. The predicted molar refractivity (Wildman–Crippen MR) is 64.0 cm³/mol. The quantitative estimate of drug-likeness (QED) is 0.645. The number of pyridine rings is 2. The number of carboxylic acid groups (broad SMARTS) is 1. The molecule has 0 unspecified atom stereocenters. The van der Waals surface area contributed by atoms with E-state index in [1.165, 1.54) is 12.3 Å². The Morgan fingerprint density at radius 2 is 1.94 bits per heavy atom. The molecule has 1 aromatic carbocycles. The van der Waals surface area contributed by atoms with Crippen molar-refractivity contribution in [1.82, 2.24) is 9.97 Å². The van der Waals surface area contributed by atoms with E-state index in [-0.39, 0.29) is 5.56 Å². The van der Waals surface area contributed by atoms with E-state index in [9.17, 15) is 4.79 Å². The third-order valence-electron chi connectivity index (χ3n) is 2.76. The van der Waals surface area contributed by atoms with E-state index in [2.05, 4.69) is 9.97 Å². The summed E-state index contributed by atoms with van der Waals surface area (Å²) in [6.07, 6.45) is 4.92. The molecule has 2 heterocycles. The van der Waals surface area contributed by atoms with Crippen molar-refractivity contribution >= 4 is 27.6 Å². The third-order valence-corrected chi connectivity index (χ3v) is 2.76. The highest BCUT2D eigenvalue weighted by Gasteiger charge is 2.10. The molecule has 0 aliphatic carbocycles. The van der Waals surface area contributed by atoms with Gasteiger partial charge in [0.15, 0.2) is 0 Å². The van der Waals surface area contributed by atoms with Crippen LogP contribution in [0.25, 0.3) is 21.7 Å². The Morgan fingerprint density at radius 3 is 2.76 bits per heavy atom. The van der Waals surface area contributed by atoms with Crippen LogP contribution in [0.1, 0.15) is 10.4 Å². The minimum atomic E-state index is -0.944. The van der Waals surface area contributed by atoms with Crippen LogP contribution >= 0.6 is 0 Å². The van der Waals surface area contributed by atoms with E-state index in [1.807, 2.05) is 12.1 Å². The van der Waals surface area contributed by atoms with Crippen molar-refractivity contribution in [2.45, 2.75) is 0 Å². The molecule has 82 valence electrons. The molecule has 17 heavy (non-hydrogen) atoms. The lowest BCUT2D eigenvalue weighted by molar-refractivity contribution is 0.0699. The Balaban J connectivity index is 2.52. The molecule has 0 amide bonds. The van der Waals surface area contributed by atoms with E-state index >= 15 is 0 Å². The maximum atomic E-state index is 11.1.